The molecule has 0 atom stereocenters. The van der Waals surface area contributed by atoms with Crippen molar-refractivity contribution in [3.05, 3.63) is 5.28 Å². The summed E-state index contributed by atoms with van der Waals surface area (Å²) in [4.78, 5) is 14.6. The first kappa shape index (κ1) is 14.3. The number of nitrogens with one attached hydrogen (secondary N) is 1. The van der Waals surface area contributed by atoms with Crippen molar-refractivity contribution in [3.63, 3.8) is 0 Å². The Hall–Kier alpha value is -1.14. The number of piperidine rings is 1. The van der Waals surface area contributed by atoms with Crippen LogP contribution < -0.4 is 10.1 Å². The number of halogens is 1. The molecule has 1 fully saturated rings. The molecule has 0 amide bonds. The normalized spacial score (nSPS) is 17.7. The van der Waals surface area contributed by atoms with Gasteiger partial charge in [-0.2, -0.15) is 15.0 Å². The number of aromatic nitrogens is 3. The van der Waals surface area contributed by atoms with Gasteiger partial charge in [-0.25, -0.2) is 0 Å². The Labute approximate surface area is 118 Å². The van der Waals surface area contributed by atoms with Crippen molar-refractivity contribution in [3.8, 4) is 6.01 Å². The van der Waals surface area contributed by atoms with Crippen molar-refractivity contribution in [1.82, 2.24) is 19.9 Å². The van der Waals surface area contributed by atoms with E-state index in [1.54, 1.807) is 0 Å². The molecule has 0 radical (unpaired) electrons. The third-order valence-electron chi connectivity index (χ3n) is 2.98. The first-order chi connectivity index (χ1) is 9.02. The predicted octanol–water partition coefficient (Wildman–Crippen LogP) is 1.82. The summed E-state index contributed by atoms with van der Waals surface area (Å²) in [6.45, 7) is 5.99. The van der Waals surface area contributed by atoms with Gasteiger partial charge in [-0.05, 0) is 58.4 Å². The Kier molecular flexibility index (Phi) is 4.76. The van der Waals surface area contributed by atoms with Crippen molar-refractivity contribution < 1.29 is 4.74 Å². The summed E-state index contributed by atoms with van der Waals surface area (Å²) in [7, 11) is 2.13. The maximum absolute atomic E-state index is 5.88. The van der Waals surface area contributed by atoms with Crippen LogP contribution in [0, 0.1) is 0 Å². The highest BCUT2D eigenvalue weighted by atomic mass is 35.5. The van der Waals surface area contributed by atoms with Crippen LogP contribution in [0.5, 0.6) is 6.01 Å². The van der Waals surface area contributed by atoms with Gasteiger partial charge >= 0.3 is 6.01 Å². The van der Waals surface area contributed by atoms with Crippen LogP contribution in [0.2, 0.25) is 5.28 Å². The molecule has 1 aliphatic rings. The van der Waals surface area contributed by atoms with Crippen LogP contribution >= 0.6 is 11.6 Å². The number of hydrogen-bond donors (Lipinski definition) is 1. The van der Waals surface area contributed by atoms with Crippen LogP contribution in [0.15, 0.2) is 0 Å². The van der Waals surface area contributed by atoms with Crippen molar-refractivity contribution >= 4 is 17.5 Å². The Bertz CT molecular complexity index is 421. The molecule has 1 aliphatic heterocycles. The molecule has 7 heteroatoms. The molecule has 2 heterocycles. The van der Waals surface area contributed by atoms with Gasteiger partial charge in [0.2, 0.25) is 11.2 Å². The van der Waals surface area contributed by atoms with E-state index in [0.29, 0.717) is 12.0 Å². The van der Waals surface area contributed by atoms with Gasteiger partial charge in [-0.15, -0.1) is 0 Å². The first-order valence-electron chi connectivity index (χ1n) is 6.56. The van der Waals surface area contributed by atoms with Gasteiger partial charge in [0.15, 0.2) is 0 Å². The Morgan fingerprint density at radius 1 is 1.26 bits per heavy atom. The smallest absolute Gasteiger partial charge is 0.322 e. The van der Waals surface area contributed by atoms with Gasteiger partial charge in [-0.1, -0.05) is 0 Å². The topological polar surface area (TPSA) is 63.2 Å². The summed E-state index contributed by atoms with van der Waals surface area (Å²) in [5.74, 6) is 0.491. The standard InChI is InChI=1S/C12H20ClN5O/c1-8(2)19-12-16-10(13)15-11(17-12)14-9-4-6-18(3)7-5-9/h8-9H,4-7H2,1-3H3,(H,14,15,16,17). The average Bonchev–Trinajstić information content (AvgIpc) is 2.30. The number of likely N-dealkylation sites (tertiary alicyclic amines) is 1. The number of ether oxygens (including phenoxy) is 1. The molecule has 1 aromatic rings. The summed E-state index contributed by atoms with van der Waals surface area (Å²) in [6, 6.07) is 0.645. The lowest BCUT2D eigenvalue weighted by Crippen LogP contribution is -2.37. The molecule has 1 saturated heterocycles. The second kappa shape index (κ2) is 6.34. The molecule has 2 rings (SSSR count). The van der Waals surface area contributed by atoms with E-state index in [-0.39, 0.29) is 17.4 Å². The summed E-state index contributed by atoms with van der Waals surface area (Å²) in [5, 5.41) is 3.46. The molecule has 106 valence electrons. The predicted molar refractivity (Wildman–Crippen MR) is 74.7 cm³/mol. The molecule has 1 N–H and O–H groups in total. The fourth-order valence-electron chi connectivity index (χ4n) is 2.00. The first-order valence-corrected chi connectivity index (χ1v) is 6.94. The van der Waals surface area contributed by atoms with Crippen molar-refractivity contribution in [2.75, 3.05) is 25.5 Å². The highest BCUT2D eigenvalue weighted by Crippen LogP contribution is 2.16. The Balaban J connectivity index is 2.01. The van der Waals surface area contributed by atoms with Gasteiger partial charge in [0.1, 0.15) is 0 Å². The van der Waals surface area contributed by atoms with Crippen molar-refractivity contribution in [2.24, 2.45) is 0 Å². The maximum atomic E-state index is 5.88. The van der Waals surface area contributed by atoms with Crippen LogP contribution in [-0.2, 0) is 0 Å². The molecule has 0 spiro atoms. The SMILES string of the molecule is CC(C)Oc1nc(Cl)nc(NC2CCN(C)CC2)n1. The summed E-state index contributed by atoms with van der Waals surface area (Å²) in [6.07, 6.45) is 2.15. The van der Waals surface area contributed by atoms with E-state index in [1.807, 2.05) is 13.8 Å². The largest absolute Gasteiger partial charge is 0.461 e. The quantitative estimate of drug-likeness (QED) is 0.910. The fraction of sp³-hybridized carbons (Fsp3) is 0.750. The van der Waals surface area contributed by atoms with E-state index in [0.717, 1.165) is 25.9 Å². The zero-order valence-electron chi connectivity index (χ0n) is 11.6. The molecule has 1 aromatic heterocycles. The molecule has 0 aromatic carbocycles. The fourth-order valence-corrected chi connectivity index (χ4v) is 2.15. The summed E-state index contributed by atoms with van der Waals surface area (Å²) >= 11 is 5.88. The lowest BCUT2D eigenvalue weighted by Gasteiger charge is -2.29. The lowest BCUT2D eigenvalue weighted by molar-refractivity contribution is 0.221. The van der Waals surface area contributed by atoms with E-state index >= 15 is 0 Å². The van der Waals surface area contributed by atoms with Crippen LogP contribution in [0.25, 0.3) is 0 Å². The molecule has 19 heavy (non-hydrogen) atoms. The highest BCUT2D eigenvalue weighted by molar-refractivity contribution is 6.28. The minimum absolute atomic E-state index is 0.00893. The number of nitrogens with zero attached hydrogens (tertiary/aromatic N) is 4. The lowest BCUT2D eigenvalue weighted by atomic mass is 10.1. The Morgan fingerprint density at radius 3 is 2.58 bits per heavy atom. The molecule has 0 bridgehead atoms. The molecule has 0 unspecified atom stereocenters. The summed E-state index contributed by atoms with van der Waals surface area (Å²) in [5.41, 5.74) is 0. The van der Waals surface area contributed by atoms with E-state index in [2.05, 4.69) is 32.2 Å². The van der Waals surface area contributed by atoms with Crippen molar-refractivity contribution in [1.29, 1.82) is 0 Å². The minimum atomic E-state index is 0.00893. The van der Waals surface area contributed by atoms with Gasteiger partial charge < -0.3 is 15.0 Å². The monoisotopic (exact) mass is 285 g/mol. The second-order valence-electron chi connectivity index (χ2n) is 5.10. The number of anilines is 1. The minimum Gasteiger partial charge on any atom is -0.461 e. The third kappa shape index (κ3) is 4.47. The number of hydrogen-bond acceptors (Lipinski definition) is 6. The van der Waals surface area contributed by atoms with E-state index in [9.17, 15) is 0 Å². The molecule has 0 saturated carbocycles. The molecular weight excluding hydrogens is 266 g/mol. The number of rotatable bonds is 4. The van der Waals surface area contributed by atoms with Crippen LogP contribution in [0.4, 0.5) is 5.95 Å². The Morgan fingerprint density at radius 2 is 1.95 bits per heavy atom. The van der Waals surface area contributed by atoms with Crippen LogP contribution in [0.3, 0.4) is 0 Å². The van der Waals surface area contributed by atoms with Crippen molar-refractivity contribution in [2.45, 2.75) is 38.8 Å². The van der Waals surface area contributed by atoms with E-state index < -0.39 is 0 Å². The van der Waals surface area contributed by atoms with Gasteiger partial charge in [0, 0.05) is 6.04 Å². The second-order valence-corrected chi connectivity index (χ2v) is 5.44. The molecular formula is C12H20ClN5O. The molecule has 0 aliphatic carbocycles. The van der Waals surface area contributed by atoms with E-state index in [4.69, 9.17) is 16.3 Å². The zero-order valence-corrected chi connectivity index (χ0v) is 12.3. The van der Waals surface area contributed by atoms with E-state index in [1.165, 1.54) is 0 Å². The maximum Gasteiger partial charge on any atom is 0.322 e. The average molecular weight is 286 g/mol. The molecule has 6 nitrogen and oxygen atoms in total. The van der Waals surface area contributed by atoms with Gasteiger partial charge in [0.05, 0.1) is 6.10 Å². The zero-order chi connectivity index (χ0) is 13.8. The third-order valence-corrected chi connectivity index (χ3v) is 3.15. The van der Waals surface area contributed by atoms with Crippen LogP contribution in [-0.4, -0.2) is 52.1 Å². The van der Waals surface area contributed by atoms with Crippen LogP contribution in [0.1, 0.15) is 26.7 Å². The summed E-state index contributed by atoms with van der Waals surface area (Å²) < 4.78 is 5.45. The highest BCUT2D eigenvalue weighted by Gasteiger charge is 2.18. The van der Waals surface area contributed by atoms with Gasteiger partial charge in [0.25, 0.3) is 0 Å². The van der Waals surface area contributed by atoms with Gasteiger partial charge in [-0.3, -0.25) is 0 Å².